The zero-order valence-corrected chi connectivity index (χ0v) is 19.5. The molecular formula is C29H45F. The predicted molar refractivity (Wildman–Crippen MR) is 126 cm³/mol. The fourth-order valence-corrected chi connectivity index (χ4v) is 7.28. The standard InChI is InChI=1S/C29H45F/c1-2-3-4-6-22-9-11-23(12-10-22)13-14-24-15-16-27-20-28(18-17-26(27)19-24)25-7-5-8-29(30)21-25/h5,7-8,21-24,26-28H,2-4,6,9-20H2,1H3. The van der Waals surface area contributed by atoms with Gasteiger partial charge in [-0.25, -0.2) is 4.39 Å². The molecule has 30 heavy (non-hydrogen) atoms. The highest BCUT2D eigenvalue weighted by atomic mass is 19.1. The topological polar surface area (TPSA) is 0 Å². The van der Waals surface area contributed by atoms with E-state index in [9.17, 15) is 4.39 Å². The first-order chi connectivity index (χ1) is 14.7. The summed E-state index contributed by atoms with van der Waals surface area (Å²) < 4.78 is 13.6. The van der Waals surface area contributed by atoms with Crippen molar-refractivity contribution in [1.29, 1.82) is 0 Å². The summed E-state index contributed by atoms with van der Waals surface area (Å²) in [5.74, 6) is 5.49. The Kier molecular flexibility index (Phi) is 8.30. The van der Waals surface area contributed by atoms with E-state index in [0.29, 0.717) is 5.92 Å². The number of fused-ring (bicyclic) bond motifs is 1. The van der Waals surface area contributed by atoms with Crippen LogP contribution in [-0.4, -0.2) is 0 Å². The van der Waals surface area contributed by atoms with Crippen LogP contribution < -0.4 is 0 Å². The van der Waals surface area contributed by atoms with Crippen molar-refractivity contribution in [2.24, 2.45) is 29.6 Å². The zero-order chi connectivity index (χ0) is 20.8. The summed E-state index contributed by atoms with van der Waals surface area (Å²) in [5.41, 5.74) is 1.25. The fraction of sp³-hybridized carbons (Fsp3) is 0.793. The van der Waals surface area contributed by atoms with Gasteiger partial charge in [-0.1, -0.05) is 89.7 Å². The Morgan fingerprint density at radius 3 is 2.17 bits per heavy atom. The van der Waals surface area contributed by atoms with Crippen LogP contribution in [0.3, 0.4) is 0 Å². The number of halogens is 1. The lowest BCUT2D eigenvalue weighted by Gasteiger charge is -2.42. The average Bonchev–Trinajstić information content (AvgIpc) is 2.78. The Labute approximate surface area is 185 Å². The molecule has 0 radical (unpaired) electrons. The fourth-order valence-electron chi connectivity index (χ4n) is 7.28. The monoisotopic (exact) mass is 412 g/mol. The van der Waals surface area contributed by atoms with Crippen molar-refractivity contribution in [1.82, 2.24) is 0 Å². The third-order valence-electron chi connectivity index (χ3n) is 9.21. The third-order valence-corrected chi connectivity index (χ3v) is 9.21. The molecule has 0 nitrogen and oxygen atoms in total. The smallest absolute Gasteiger partial charge is 0.123 e. The van der Waals surface area contributed by atoms with Gasteiger partial charge in [0.05, 0.1) is 0 Å². The third kappa shape index (κ3) is 6.10. The highest BCUT2D eigenvalue weighted by molar-refractivity contribution is 5.21. The first kappa shape index (κ1) is 22.3. The van der Waals surface area contributed by atoms with Crippen LogP contribution in [0.5, 0.6) is 0 Å². The van der Waals surface area contributed by atoms with Crippen molar-refractivity contribution < 1.29 is 4.39 Å². The van der Waals surface area contributed by atoms with E-state index in [2.05, 4.69) is 13.0 Å². The van der Waals surface area contributed by atoms with Crippen molar-refractivity contribution in [2.75, 3.05) is 0 Å². The van der Waals surface area contributed by atoms with Crippen LogP contribution in [0.1, 0.15) is 121 Å². The Morgan fingerprint density at radius 1 is 0.733 bits per heavy atom. The Bertz CT molecular complexity index is 629. The van der Waals surface area contributed by atoms with Crippen molar-refractivity contribution in [3.63, 3.8) is 0 Å². The molecule has 3 saturated carbocycles. The lowest BCUT2D eigenvalue weighted by molar-refractivity contribution is 0.108. The van der Waals surface area contributed by atoms with Crippen molar-refractivity contribution in [2.45, 2.75) is 116 Å². The van der Waals surface area contributed by atoms with Crippen LogP contribution in [0, 0.1) is 35.4 Å². The second kappa shape index (κ2) is 11.1. The molecule has 1 aromatic rings. The van der Waals surface area contributed by atoms with E-state index in [0.717, 1.165) is 29.6 Å². The maximum absolute atomic E-state index is 13.6. The van der Waals surface area contributed by atoms with Crippen molar-refractivity contribution in [3.8, 4) is 0 Å². The Hall–Kier alpha value is -0.850. The van der Waals surface area contributed by atoms with Crippen LogP contribution in [0.25, 0.3) is 0 Å². The maximum Gasteiger partial charge on any atom is 0.123 e. The maximum atomic E-state index is 13.6. The first-order valence-corrected chi connectivity index (χ1v) is 13.5. The molecule has 3 aliphatic rings. The lowest BCUT2D eigenvalue weighted by Crippen LogP contribution is -2.30. The van der Waals surface area contributed by atoms with Crippen LogP contribution >= 0.6 is 0 Å². The number of unbranched alkanes of at least 4 members (excludes halogenated alkanes) is 2. The summed E-state index contributed by atoms with van der Waals surface area (Å²) in [7, 11) is 0. The second-order valence-electron chi connectivity index (χ2n) is 11.2. The van der Waals surface area contributed by atoms with E-state index < -0.39 is 0 Å². The zero-order valence-electron chi connectivity index (χ0n) is 19.5. The van der Waals surface area contributed by atoms with Gasteiger partial charge < -0.3 is 0 Å². The summed E-state index contributed by atoms with van der Waals surface area (Å²) >= 11 is 0. The predicted octanol–water partition coefficient (Wildman–Crippen LogP) is 9.29. The quantitative estimate of drug-likeness (QED) is 0.373. The van der Waals surface area contributed by atoms with Crippen LogP contribution in [0.2, 0.25) is 0 Å². The molecule has 4 atom stereocenters. The minimum absolute atomic E-state index is 0.0617. The molecule has 0 bridgehead atoms. The van der Waals surface area contributed by atoms with Gasteiger partial charge in [0.1, 0.15) is 5.82 Å². The van der Waals surface area contributed by atoms with Crippen molar-refractivity contribution in [3.05, 3.63) is 35.6 Å². The molecule has 168 valence electrons. The summed E-state index contributed by atoms with van der Waals surface area (Å²) in [6.07, 6.45) is 23.2. The molecule has 3 fully saturated rings. The van der Waals surface area contributed by atoms with Gasteiger partial charge in [-0.2, -0.15) is 0 Å². The number of hydrogen-bond donors (Lipinski definition) is 0. The van der Waals surface area contributed by atoms with Gasteiger partial charge in [-0.05, 0) is 85.3 Å². The normalized spacial score (nSPS) is 34.5. The van der Waals surface area contributed by atoms with Crippen molar-refractivity contribution >= 4 is 0 Å². The summed E-state index contributed by atoms with van der Waals surface area (Å²) in [4.78, 5) is 0. The van der Waals surface area contributed by atoms with E-state index >= 15 is 0 Å². The van der Waals surface area contributed by atoms with E-state index in [1.165, 1.54) is 108 Å². The first-order valence-electron chi connectivity index (χ1n) is 13.5. The minimum atomic E-state index is -0.0617. The summed E-state index contributed by atoms with van der Waals surface area (Å²) in [6, 6.07) is 7.42. The van der Waals surface area contributed by atoms with E-state index in [-0.39, 0.29) is 5.82 Å². The van der Waals surface area contributed by atoms with E-state index in [4.69, 9.17) is 0 Å². The van der Waals surface area contributed by atoms with Crippen LogP contribution in [-0.2, 0) is 0 Å². The average molecular weight is 413 g/mol. The minimum Gasteiger partial charge on any atom is -0.207 e. The Morgan fingerprint density at radius 2 is 1.40 bits per heavy atom. The molecule has 4 rings (SSSR count). The van der Waals surface area contributed by atoms with E-state index in [1.54, 1.807) is 12.1 Å². The molecule has 1 heteroatoms. The summed E-state index contributed by atoms with van der Waals surface area (Å²) in [6.45, 7) is 2.32. The van der Waals surface area contributed by atoms with Gasteiger partial charge in [-0.15, -0.1) is 0 Å². The summed E-state index contributed by atoms with van der Waals surface area (Å²) in [5, 5.41) is 0. The molecule has 0 heterocycles. The Balaban J connectivity index is 1.16. The molecule has 0 spiro atoms. The van der Waals surface area contributed by atoms with Gasteiger partial charge in [0.25, 0.3) is 0 Å². The molecule has 0 saturated heterocycles. The SMILES string of the molecule is CCCCCC1CCC(CCC2CCC3CC(c4cccc(F)c4)CCC3C2)CC1. The van der Waals surface area contributed by atoms with Gasteiger partial charge >= 0.3 is 0 Å². The van der Waals surface area contributed by atoms with Gasteiger partial charge in [0, 0.05) is 0 Å². The molecule has 0 amide bonds. The molecule has 0 aromatic heterocycles. The highest BCUT2D eigenvalue weighted by Crippen LogP contribution is 2.49. The second-order valence-corrected chi connectivity index (χ2v) is 11.2. The molecule has 0 N–H and O–H groups in total. The lowest BCUT2D eigenvalue weighted by atomic mass is 9.63. The molecule has 4 unspecified atom stereocenters. The largest absolute Gasteiger partial charge is 0.207 e. The molecule has 3 aliphatic carbocycles. The van der Waals surface area contributed by atoms with Crippen LogP contribution in [0.15, 0.2) is 24.3 Å². The van der Waals surface area contributed by atoms with Gasteiger partial charge in [-0.3, -0.25) is 0 Å². The number of rotatable bonds is 8. The van der Waals surface area contributed by atoms with Gasteiger partial charge in [0.2, 0.25) is 0 Å². The number of hydrogen-bond acceptors (Lipinski definition) is 0. The molecule has 1 aromatic carbocycles. The molecule has 0 aliphatic heterocycles. The van der Waals surface area contributed by atoms with E-state index in [1.807, 2.05) is 6.07 Å². The van der Waals surface area contributed by atoms with Crippen LogP contribution in [0.4, 0.5) is 4.39 Å². The highest BCUT2D eigenvalue weighted by Gasteiger charge is 2.36. The molecular weight excluding hydrogens is 367 g/mol. The number of benzene rings is 1. The van der Waals surface area contributed by atoms with Gasteiger partial charge in [0.15, 0.2) is 0 Å².